The maximum Gasteiger partial charge on any atom is 0.322 e. The molecule has 0 spiro atoms. The molecule has 0 radical (unpaired) electrons. The first-order valence-corrected chi connectivity index (χ1v) is 4.97. The zero-order valence-electron chi connectivity index (χ0n) is 9.20. The number of hydrogen-bond donors (Lipinski definition) is 2. The lowest BCUT2D eigenvalue weighted by Crippen LogP contribution is -2.29. The van der Waals surface area contributed by atoms with Crippen LogP contribution in [0, 0.1) is 5.82 Å². The van der Waals surface area contributed by atoms with Gasteiger partial charge in [-0.25, -0.2) is 4.39 Å². The lowest BCUT2D eigenvalue weighted by Gasteiger charge is -2.06. The monoisotopic (exact) mass is 241 g/mol. The first-order chi connectivity index (χ1) is 8.04. The molecule has 1 aromatic carbocycles. The summed E-state index contributed by atoms with van der Waals surface area (Å²) in [7, 11) is 0. The largest absolute Gasteiger partial charge is 0.491 e. The lowest BCUT2D eigenvalue weighted by molar-refractivity contribution is -0.135. The molecule has 0 unspecified atom stereocenters. The van der Waals surface area contributed by atoms with Gasteiger partial charge in [0.25, 0.3) is 5.91 Å². The smallest absolute Gasteiger partial charge is 0.322 e. The topological polar surface area (TPSA) is 75.6 Å². The van der Waals surface area contributed by atoms with Crippen molar-refractivity contribution in [1.29, 1.82) is 0 Å². The number of carbonyl (C=O) groups is 2. The van der Waals surface area contributed by atoms with E-state index in [9.17, 15) is 14.0 Å². The number of amides is 1. The van der Waals surface area contributed by atoms with Crippen LogP contribution in [0.5, 0.6) is 5.75 Å². The van der Waals surface area contributed by atoms with Gasteiger partial charge in [-0.2, -0.15) is 0 Å². The number of ether oxygens (including phenoxy) is 1. The van der Waals surface area contributed by atoms with Gasteiger partial charge in [-0.3, -0.25) is 9.59 Å². The van der Waals surface area contributed by atoms with Gasteiger partial charge in [0.05, 0.1) is 6.61 Å². The van der Waals surface area contributed by atoms with E-state index in [1.807, 2.05) is 0 Å². The molecule has 0 aromatic heterocycles. The highest BCUT2D eigenvalue weighted by molar-refractivity contribution is 5.95. The normalized spacial score (nSPS) is 9.76. The highest BCUT2D eigenvalue weighted by Gasteiger charge is 2.10. The molecule has 92 valence electrons. The lowest BCUT2D eigenvalue weighted by atomic mass is 10.2. The van der Waals surface area contributed by atoms with E-state index in [4.69, 9.17) is 9.84 Å². The Morgan fingerprint density at radius 3 is 2.71 bits per heavy atom. The summed E-state index contributed by atoms with van der Waals surface area (Å²) in [6.45, 7) is 1.53. The fraction of sp³-hybridized carbons (Fsp3) is 0.273. The van der Waals surface area contributed by atoms with Crippen LogP contribution in [0.4, 0.5) is 4.39 Å². The Morgan fingerprint density at radius 1 is 1.47 bits per heavy atom. The van der Waals surface area contributed by atoms with E-state index in [-0.39, 0.29) is 11.3 Å². The van der Waals surface area contributed by atoms with Crippen LogP contribution in [-0.4, -0.2) is 30.1 Å². The first kappa shape index (κ1) is 13.0. The third kappa shape index (κ3) is 3.75. The second kappa shape index (κ2) is 5.83. The van der Waals surface area contributed by atoms with Gasteiger partial charge in [0.2, 0.25) is 0 Å². The summed E-state index contributed by atoms with van der Waals surface area (Å²) in [4.78, 5) is 21.6. The van der Waals surface area contributed by atoms with Crippen molar-refractivity contribution < 1.29 is 23.8 Å². The predicted molar refractivity (Wildman–Crippen MR) is 57.5 cm³/mol. The van der Waals surface area contributed by atoms with E-state index in [1.165, 1.54) is 12.1 Å². The van der Waals surface area contributed by atoms with Gasteiger partial charge in [-0.15, -0.1) is 0 Å². The summed E-state index contributed by atoms with van der Waals surface area (Å²) >= 11 is 0. The van der Waals surface area contributed by atoms with Crippen molar-refractivity contribution in [1.82, 2.24) is 5.32 Å². The molecule has 0 saturated carbocycles. The Hall–Kier alpha value is -2.11. The molecule has 0 saturated heterocycles. The first-order valence-electron chi connectivity index (χ1n) is 4.97. The van der Waals surface area contributed by atoms with Crippen molar-refractivity contribution in [3.05, 3.63) is 29.6 Å². The number of hydrogen-bond acceptors (Lipinski definition) is 3. The van der Waals surface area contributed by atoms with Crippen LogP contribution in [0.3, 0.4) is 0 Å². The standard InChI is InChI=1S/C11H12FNO4/c1-2-17-9-4-3-7(5-8(9)12)11(16)13-6-10(14)15/h3-5H,2,6H2,1H3,(H,13,16)(H,14,15). The van der Waals surface area contributed by atoms with Crippen LogP contribution in [0.1, 0.15) is 17.3 Å². The van der Waals surface area contributed by atoms with Gasteiger partial charge in [0.1, 0.15) is 6.54 Å². The second-order valence-electron chi connectivity index (χ2n) is 3.15. The maximum absolute atomic E-state index is 13.4. The van der Waals surface area contributed by atoms with Crippen LogP contribution in [0.2, 0.25) is 0 Å². The average molecular weight is 241 g/mol. The van der Waals surface area contributed by atoms with Gasteiger partial charge in [-0.05, 0) is 25.1 Å². The van der Waals surface area contributed by atoms with Crippen molar-refractivity contribution >= 4 is 11.9 Å². The molecule has 0 aliphatic heterocycles. The van der Waals surface area contributed by atoms with Gasteiger partial charge in [-0.1, -0.05) is 0 Å². The number of rotatable bonds is 5. The fourth-order valence-corrected chi connectivity index (χ4v) is 1.17. The van der Waals surface area contributed by atoms with E-state index in [0.717, 1.165) is 6.07 Å². The van der Waals surface area contributed by atoms with Gasteiger partial charge < -0.3 is 15.2 Å². The molecule has 0 atom stereocenters. The summed E-state index contributed by atoms with van der Waals surface area (Å²) in [5, 5.41) is 10.5. The molecular formula is C11H12FNO4. The SMILES string of the molecule is CCOc1ccc(C(=O)NCC(=O)O)cc1F. The van der Waals surface area contributed by atoms with Gasteiger partial charge in [0, 0.05) is 5.56 Å². The number of carboxylic acid groups (broad SMARTS) is 1. The summed E-state index contributed by atoms with van der Waals surface area (Å²) < 4.78 is 18.3. The summed E-state index contributed by atoms with van der Waals surface area (Å²) in [5.74, 6) is -2.41. The Kier molecular flexibility index (Phi) is 4.45. The number of aliphatic carboxylic acids is 1. The predicted octanol–water partition coefficient (Wildman–Crippen LogP) is 1.04. The van der Waals surface area contributed by atoms with Crippen molar-refractivity contribution in [2.24, 2.45) is 0 Å². The summed E-state index contributed by atoms with van der Waals surface area (Å²) in [6, 6.07) is 3.70. The number of nitrogens with one attached hydrogen (secondary N) is 1. The molecular weight excluding hydrogens is 229 g/mol. The molecule has 5 nitrogen and oxygen atoms in total. The molecule has 1 aromatic rings. The molecule has 0 aliphatic rings. The minimum absolute atomic E-state index is 0.0483. The fourth-order valence-electron chi connectivity index (χ4n) is 1.17. The highest BCUT2D eigenvalue weighted by atomic mass is 19.1. The minimum Gasteiger partial charge on any atom is -0.491 e. The zero-order chi connectivity index (χ0) is 12.8. The number of carbonyl (C=O) groups excluding carboxylic acids is 1. The van der Waals surface area contributed by atoms with Crippen LogP contribution in [-0.2, 0) is 4.79 Å². The summed E-state index contributed by atoms with van der Waals surface area (Å²) in [5.41, 5.74) is 0.0483. The Labute approximate surface area is 97.2 Å². The third-order valence-corrected chi connectivity index (χ3v) is 1.89. The Balaban J connectivity index is 2.75. The van der Waals surface area contributed by atoms with E-state index in [1.54, 1.807) is 6.92 Å². The average Bonchev–Trinajstić information content (AvgIpc) is 2.28. The van der Waals surface area contributed by atoms with Crippen LogP contribution in [0.15, 0.2) is 18.2 Å². The molecule has 6 heteroatoms. The summed E-state index contributed by atoms with van der Waals surface area (Å²) in [6.07, 6.45) is 0. The van der Waals surface area contributed by atoms with E-state index >= 15 is 0 Å². The van der Waals surface area contributed by atoms with E-state index in [0.29, 0.717) is 6.61 Å². The maximum atomic E-state index is 13.4. The molecule has 17 heavy (non-hydrogen) atoms. The Morgan fingerprint density at radius 2 is 2.18 bits per heavy atom. The van der Waals surface area contributed by atoms with E-state index < -0.39 is 24.2 Å². The number of benzene rings is 1. The Bertz CT molecular complexity index is 433. The van der Waals surface area contributed by atoms with Crippen LogP contribution >= 0.6 is 0 Å². The van der Waals surface area contributed by atoms with Crippen molar-refractivity contribution in [2.75, 3.05) is 13.2 Å². The van der Waals surface area contributed by atoms with Crippen LogP contribution in [0.25, 0.3) is 0 Å². The minimum atomic E-state index is -1.16. The molecule has 1 amide bonds. The van der Waals surface area contributed by atoms with Crippen LogP contribution < -0.4 is 10.1 Å². The number of carboxylic acids is 1. The van der Waals surface area contributed by atoms with Gasteiger partial charge >= 0.3 is 5.97 Å². The highest BCUT2D eigenvalue weighted by Crippen LogP contribution is 2.18. The number of halogens is 1. The molecule has 0 aliphatic carbocycles. The van der Waals surface area contributed by atoms with Gasteiger partial charge in [0.15, 0.2) is 11.6 Å². The van der Waals surface area contributed by atoms with Crippen molar-refractivity contribution in [3.8, 4) is 5.75 Å². The molecule has 0 bridgehead atoms. The molecule has 1 rings (SSSR count). The van der Waals surface area contributed by atoms with Crippen molar-refractivity contribution in [2.45, 2.75) is 6.92 Å². The molecule has 0 fully saturated rings. The van der Waals surface area contributed by atoms with Crippen molar-refractivity contribution in [3.63, 3.8) is 0 Å². The third-order valence-electron chi connectivity index (χ3n) is 1.89. The molecule has 2 N–H and O–H groups in total. The zero-order valence-corrected chi connectivity index (χ0v) is 9.20. The van der Waals surface area contributed by atoms with E-state index in [2.05, 4.69) is 5.32 Å². The second-order valence-corrected chi connectivity index (χ2v) is 3.15. The molecule has 0 heterocycles. The quantitative estimate of drug-likeness (QED) is 0.807.